The number of sulfonamides is 1. The van der Waals surface area contributed by atoms with Crippen molar-refractivity contribution in [3.05, 3.63) is 71.8 Å². The molecule has 9 nitrogen and oxygen atoms in total. The summed E-state index contributed by atoms with van der Waals surface area (Å²) in [6.45, 7) is 1.01. The second-order valence-corrected chi connectivity index (χ2v) is 11.6. The molecule has 0 bridgehead atoms. The highest BCUT2D eigenvalue weighted by atomic mass is 32.2. The van der Waals surface area contributed by atoms with Crippen LogP contribution in [-0.2, 0) is 31.1 Å². The fourth-order valence-electron chi connectivity index (χ4n) is 3.47. The van der Waals surface area contributed by atoms with Gasteiger partial charge >= 0.3 is 5.97 Å². The second kappa shape index (κ2) is 10.5. The van der Waals surface area contributed by atoms with Gasteiger partial charge in [0, 0.05) is 18.4 Å². The molecule has 0 fully saturated rings. The summed E-state index contributed by atoms with van der Waals surface area (Å²) in [5.41, 5.74) is 2.11. The van der Waals surface area contributed by atoms with E-state index in [1.165, 1.54) is 24.3 Å². The number of ether oxygens (including phenoxy) is 1. The van der Waals surface area contributed by atoms with E-state index in [4.69, 9.17) is 9.84 Å². The molecule has 0 aromatic heterocycles. The van der Waals surface area contributed by atoms with Crippen LogP contribution < -0.4 is 9.46 Å². The lowest BCUT2D eigenvalue weighted by Crippen LogP contribution is -2.26. The zero-order chi connectivity index (χ0) is 25.8. The highest BCUT2D eigenvalue weighted by molar-refractivity contribution is 7.91. The smallest absolute Gasteiger partial charge is 0.341 e. The molecule has 3 aromatic rings. The number of sulfone groups is 1. The van der Waals surface area contributed by atoms with Crippen molar-refractivity contribution in [2.45, 2.75) is 23.1 Å². The lowest BCUT2D eigenvalue weighted by molar-refractivity contribution is -0.139. The molecule has 0 aliphatic carbocycles. The third-order valence-electron chi connectivity index (χ3n) is 5.11. The van der Waals surface area contributed by atoms with Gasteiger partial charge in [-0.25, -0.2) is 26.4 Å². The van der Waals surface area contributed by atoms with E-state index < -0.39 is 32.4 Å². The van der Waals surface area contributed by atoms with Crippen LogP contribution in [0.25, 0.3) is 11.1 Å². The third kappa shape index (κ3) is 6.59. The van der Waals surface area contributed by atoms with Gasteiger partial charge in [0.15, 0.2) is 16.4 Å². The highest BCUT2D eigenvalue weighted by Crippen LogP contribution is 2.32. The van der Waals surface area contributed by atoms with Crippen LogP contribution in [0.3, 0.4) is 0 Å². The Morgan fingerprint density at radius 1 is 0.971 bits per heavy atom. The van der Waals surface area contributed by atoms with Crippen molar-refractivity contribution >= 4 is 25.8 Å². The van der Waals surface area contributed by atoms with E-state index >= 15 is 0 Å². The number of hydrogen-bond donors (Lipinski definition) is 3. The first-order valence-electron chi connectivity index (χ1n) is 10.4. The van der Waals surface area contributed by atoms with Crippen molar-refractivity contribution in [1.82, 2.24) is 4.72 Å². The van der Waals surface area contributed by atoms with Crippen molar-refractivity contribution < 1.29 is 36.6 Å². The Morgan fingerprint density at radius 3 is 2.37 bits per heavy atom. The summed E-state index contributed by atoms with van der Waals surface area (Å²) in [4.78, 5) is 10.9. The summed E-state index contributed by atoms with van der Waals surface area (Å²) >= 11 is 0. The van der Waals surface area contributed by atoms with Gasteiger partial charge in [0.2, 0.25) is 10.0 Å². The van der Waals surface area contributed by atoms with E-state index in [0.29, 0.717) is 22.3 Å². The van der Waals surface area contributed by atoms with Gasteiger partial charge in [0.25, 0.3) is 0 Å². The molecular formula is C24H25NO8S2. The van der Waals surface area contributed by atoms with E-state index in [1.807, 2.05) is 0 Å². The second-order valence-electron chi connectivity index (χ2n) is 7.89. The van der Waals surface area contributed by atoms with Crippen LogP contribution in [0.4, 0.5) is 0 Å². The van der Waals surface area contributed by atoms with E-state index in [1.54, 1.807) is 43.3 Å². The summed E-state index contributed by atoms with van der Waals surface area (Å²) in [6, 6.07) is 15.5. The summed E-state index contributed by atoms with van der Waals surface area (Å²) < 4.78 is 57.5. The van der Waals surface area contributed by atoms with Crippen LogP contribution in [0.15, 0.2) is 70.5 Å². The Hall–Kier alpha value is -3.41. The number of rotatable bonds is 10. The minimum Gasteiger partial charge on any atom is -0.507 e. The van der Waals surface area contributed by atoms with Crippen LogP contribution in [0.2, 0.25) is 0 Å². The van der Waals surface area contributed by atoms with Gasteiger partial charge in [-0.1, -0.05) is 36.4 Å². The zero-order valence-electron chi connectivity index (χ0n) is 19.1. The first-order valence-corrected chi connectivity index (χ1v) is 13.8. The van der Waals surface area contributed by atoms with Gasteiger partial charge in [-0.2, -0.15) is 0 Å². The number of nitrogens with one attached hydrogen (secondary N) is 1. The number of carboxylic acid groups (broad SMARTS) is 1. The molecule has 0 spiro atoms. The first-order chi connectivity index (χ1) is 16.4. The summed E-state index contributed by atoms with van der Waals surface area (Å²) in [5, 5.41) is 19.0. The molecule has 3 N–H and O–H groups in total. The molecule has 35 heavy (non-hydrogen) atoms. The van der Waals surface area contributed by atoms with Crippen LogP contribution in [0.5, 0.6) is 11.5 Å². The quantitative estimate of drug-likeness (QED) is 0.370. The molecule has 0 aliphatic rings. The molecule has 0 amide bonds. The number of hydrogen-bond acceptors (Lipinski definition) is 7. The average Bonchev–Trinajstić information content (AvgIpc) is 2.79. The number of phenols is 1. The normalized spacial score (nSPS) is 11.8. The van der Waals surface area contributed by atoms with Crippen LogP contribution in [-0.4, -0.2) is 52.4 Å². The highest BCUT2D eigenvalue weighted by Gasteiger charge is 2.20. The number of benzene rings is 3. The first kappa shape index (κ1) is 26.2. The van der Waals surface area contributed by atoms with Gasteiger partial charge in [-0.05, 0) is 54.3 Å². The maximum absolute atomic E-state index is 12.6. The van der Waals surface area contributed by atoms with Crippen LogP contribution >= 0.6 is 0 Å². The SMILES string of the molecule is Cc1ccc(O)c(S(=O)(=O)NCCc2ccc(-c3ccccc3S(C)(=O)=O)cc2OCC(=O)O)c1. The Kier molecular flexibility index (Phi) is 7.83. The molecule has 0 aliphatic heterocycles. The molecule has 0 radical (unpaired) electrons. The molecule has 0 saturated carbocycles. The minimum absolute atomic E-state index is 0.0571. The van der Waals surface area contributed by atoms with E-state index in [-0.39, 0.29) is 34.3 Å². The molecule has 0 saturated heterocycles. The van der Waals surface area contributed by atoms with Crippen molar-refractivity contribution in [2.24, 2.45) is 0 Å². The molecule has 0 heterocycles. The average molecular weight is 520 g/mol. The Labute approximate surface area is 204 Å². The van der Waals surface area contributed by atoms with Crippen molar-refractivity contribution in [3.63, 3.8) is 0 Å². The van der Waals surface area contributed by atoms with Crippen LogP contribution in [0.1, 0.15) is 11.1 Å². The summed E-state index contributed by atoms with van der Waals surface area (Å²) in [7, 11) is -7.52. The molecule has 3 rings (SSSR count). The predicted octanol–water partition coefficient (Wildman–Crippen LogP) is 2.76. The molecule has 0 unspecified atom stereocenters. The van der Waals surface area contributed by atoms with Gasteiger partial charge in [-0.3, -0.25) is 0 Å². The monoisotopic (exact) mass is 519 g/mol. The maximum Gasteiger partial charge on any atom is 0.341 e. The van der Waals surface area contributed by atoms with Gasteiger partial charge in [0.05, 0.1) is 4.90 Å². The van der Waals surface area contributed by atoms with E-state index in [2.05, 4.69) is 4.72 Å². The number of aliphatic carboxylic acids is 1. The van der Waals surface area contributed by atoms with Crippen molar-refractivity contribution in [2.75, 3.05) is 19.4 Å². The lowest BCUT2D eigenvalue weighted by Gasteiger charge is -2.15. The predicted molar refractivity (Wildman–Crippen MR) is 130 cm³/mol. The largest absolute Gasteiger partial charge is 0.507 e. The fraction of sp³-hybridized carbons (Fsp3) is 0.208. The number of phenolic OH excluding ortho intramolecular Hbond substituents is 1. The van der Waals surface area contributed by atoms with E-state index in [9.17, 15) is 26.7 Å². The van der Waals surface area contributed by atoms with Gasteiger partial charge in [-0.15, -0.1) is 0 Å². The number of carboxylic acids is 1. The minimum atomic E-state index is -4.00. The summed E-state index contributed by atoms with van der Waals surface area (Å²) in [5.74, 6) is -1.39. The summed E-state index contributed by atoms with van der Waals surface area (Å²) in [6.07, 6.45) is 1.24. The Morgan fingerprint density at radius 2 is 1.69 bits per heavy atom. The van der Waals surface area contributed by atoms with Crippen molar-refractivity contribution in [1.29, 1.82) is 0 Å². The van der Waals surface area contributed by atoms with Crippen LogP contribution in [0, 0.1) is 6.92 Å². The topological polar surface area (TPSA) is 147 Å². The van der Waals surface area contributed by atoms with E-state index in [0.717, 1.165) is 6.26 Å². The standard InChI is InChI=1S/C24H25NO8S2/c1-16-7-10-20(26)23(13-16)35(31,32)25-12-11-17-8-9-18(14-21(17)33-15-24(27)28)19-5-3-4-6-22(19)34(2,29)30/h3-10,13-14,25-26H,11-12,15H2,1-2H3,(H,27,28). The number of aryl methyl sites for hydroxylation is 1. The molecule has 11 heteroatoms. The van der Waals surface area contributed by atoms with Gasteiger partial charge in [0.1, 0.15) is 16.4 Å². The zero-order valence-corrected chi connectivity index (χ0v) is 20.7. The Bertz CT molecular complexity index is 1460. The molecule has 3 aromatic carbocycles. The Balaban J connectivity index is 1.89. The number of aromatic hydroxyl groups is 1. The number of carbonyl (C=O) groups is 1. The maximum atomic E-state index is 12.6. The van der Waals surface area contributed by atoms with Gasteiger partial charge < -0.3 is 14.9 Å². The molecule has 0 atom stereocenters. The fourth-order valence-corrected chi connectivity index (χ4v) is 5.59. The van der Waals surface area contributed by atoms with Crippen molar-refractivity contribution in [3.8, 4) is 22.6 Å². The molecular weight excluding hydrogens is 494 g/mol. The molecule has 186 valence electrons. The third-order valence-corrected chi connectivity index (χ3v) is 7.75. The lowest BCUT2D eigenvalue weighted by atomic mass is 10.0.